The highest BCUT2D eigenvalue weighted by atomic mass is 35.5. The average molecular weight is 481 g/mol. The quantitative estimate of drug-likeness (QED) is 0.275. The Morgan fingerprint density at radius 1 is 1.03 bits per heavy atom. The first-order valence-electron chi connectivity index (χ1n) is 9.10. The summed E-state index contributed by atoms with van der Waals surface area (Å²) in [5.74, 6) is -0.132. The number of rotatable bonds is 7. The number of nitrogens with zero attached hydrogens (tertiary/aromatic N) is 4. The largest absolute Gasteiger partial charge is 0.358 e. The molecule has 0 bridgehead atoms. The summed E-state index contributed by atoms with van der Waals surface area (Å²) in [5, 5.41) is 27.0. The zero-order valence-electron chi connectivity index (χ0n) is 17.1. The minimum absolute atomic E-state index is 0.132. The molecule has 0 fully saturated rings. The lowest BCUT2D eigenvalue weighted by molar-refractivity contribution is -0.422. The first kappa shape index (κ1) is 23.2. The minimum Gasteiger partial charge on any atom is -0.358 e. The van der Waals surface area contributed by atoms with Crippen LogP contribution < -0.4 is 4.18 Å². The van der Waals surface area contributed by atoms with E-state index in [9.17, 15) is 28.6 Å². The van der Waals surface area contributed by atoms with Gasteiger partial charge in [-0.3, -0.25) is 20.2 Å². The van der Waals surface area contributed by atoms with Gasteiger partial charge in [0.15, 0.2) is 0 Å². The second-order valence-electron chi connectivity index (χ2n) is 6.96. The standard InChI is InChI=1S/C19H17ClN4O7S/c1-11-4-5-14(9-16(11)20)13(3)22-19(8-12(2)21-22)31-32(29,30)15-6-7-17(23(25)26)18(10-15)24(27)28/h4-10,13H,1-3H3. The Labute approximate surface area is 187 Å². The fourth-order valence-electron chi connectivity index (χ4n) is 2.96. The van der Waals surface area contributed by atoms with Crippen molar-refractivity contribution in [1.29, 1.82) is 0 Å². The molecule has 32 heavy (non-hydrogen) atoms. The molecule has 168 valence electrons. The fraction of sp³-hybridized carbons (Fsp3) is 0.211. The van der Waals surface area contributed by atoms with E-state index in [1.54, 1.807) is 19.9 Å². The zero-order chi connectivity index (χ0) is 23.8. The summed E-state index contributed by atoms with van der Waals surface area (Å²) in [6, 6.07) is 8.51. The predicted molar refractivity (Wildman–Crippen MR) is 115 cm³/mol. The number of nitro groups is 2. The van der Waals surface area contributed by atoms with Crippen LogP contribution in [0, 0.1) is 34.1 Å². The second kappa shape index (κ2) is 8.55. The van der Waals surface area contributed by atoms with Gasteiger partial charge in [0.05, 0.1) is 21.6 Å². The summed E-state index contributed by atoms with van der Waals surface area (Å²) < 4.78 is 32.2. The number of aromatic nitrogens is 2. The Bertz CT molecular complexity index is 1340. The van der Waals surface area contributed by atoms with E-state index in [0.29, 0.717) is 16.8 Å². The fourth-order valence-corrected chi connectivity index (χ4v) is 4.09. The molecule has 0 aliphatic heterocycles. The molecule has 0 saturated carbocycles. The highest BCUT2D eigenvalue weighted by Gasteiger charge is 2.30. The Balaban J connectivity index is 2.00. The molecule has 1 aromatic heterocycles. The van der Waals surface area contributed by atoms with E-state index in [4.69, 9.17) is 15.8 Å². The van der Waals surface area contributed by atoms with Crippen LogP contribution in [0.4, 0.5) is 11.4 Å². The first-order valence-corrected chi connectivity index (χ1v) is 10.9. The predicted octanol–water partition coefficient (Wildman–Crippen LogP) is 4.35. The Hall–Kier alpha value is -3.51. The zero-order valence-corrected chi connectivity index (χ0v) is 18.6. The van der Waals surface area contributed by atoms with Crippen LogP contribution in [0.1, 0.15) is 29.8 Å². The molecule has 0 saturated heterocycles. The molecule has 0 spiro atoms. The van der Waals surface area contributed by atoms with Gasteiger partial charge in [0.25, 0.3) is 0 Å². The number of aryl methyl sites for hydroxylation is 2. The van der Waals surface area contributed by atoms with E-state index in [1.165, 1.54) is 10.7 Å². The highest BCUT2D eigenvalue weighted by molar-refractivity contribution is 7.87. The summed E-state index contributed by atoms with van der Waals surface area (Å²) in [6.45, 7) is 5.25. The summed E-state index contributed by atoms with van der Waals surface area (Å²) in [5.41, 5.74) is 0.289. The summed E-state index contributed by atoms with van der Waals surface area (Å²) in [6.07, 6.45) is 0. The van der Waals surface area contributed by atoms with Crippen LogP contribution in [0.3, 0.4) is 0 Å². The number of nitro benzene ring substituents is 2. The van der Waals surface area contributed by atoms with Crippen LogP contribution in [-0.4, -0.2) is 28.0 Å². The van der Waals surface area contributed by atoms with Crippen LogP contribution in [0.25, 0.3) is 0 Å². The van der Waals surface area contributed by atoms with Crippen LogP contribution in [0.2, 0.25) is 5.02 Å². The second-order valence-corrected chi connectivity index (χ2v) is 8.91. The van der Waals surface area contributed by atoms with E-state index in [0.717, 1.165) is 23.3 Å². The molecular weight excluding hydrogens is 464 g/mol. The van der Waals surface area contributed by atoms with Crippen molar-refractivity contribution in [2.75, 3.05) is 0 Å². The van der Waals surface area contributed by atoms with E-state index in [-0.39, 0.29) is 5.88 Å². The van der Waals surface area contributed by atoms with E-state index in [1.807, 2.05) is 19.1 Å². The van der Waals surface area contributed by atoms with E-state index >= 15 is 0 Å². The maximum absolute atomic E-state index is 12.8. The van der Waals surface area contributed by atoms with Crippen LogP contribution in [0.5, 0.6) is 5.88 Å². The van der Waals surface area contributed by atoms with Crippen molar-refractivity contribution < 1.29 is 22.4 Å². The first-order chi connectivity index (χ1) is 14.9. The third-order valence-corrected chi connectivity index (χ3v) is 6.32. The maximum Gasteiger partial charge on any atom is 0.347 e. The van der Waals surface area contributed by atoms with Crippen LogP contribution >= 0.6 is 11.6 Å². The number of hydrogen-bond donors (Lipinski definition) is 0. The molecule has 3 rings (SSSR count). The lowest BCUT2D eigenvalue weighted by Crippen LogP contribution is -2.16. The van der Waals surface area contributed by atoms with Gasteiger partial charge < -0.3 is 4.18 Å². The van der Waals surface area contributed by atoms with Crippen molar-refractivity contribution >= 4 is 33.1 Å². The van der Waals surface area contributed by atoms with Gasteiger partial charge in [-0.05, 0) is 44.0 Å². The Morgan fingerprint density at radius 3 is 2.28 bits per heavy atom. The molecule has 1 unspecified atom stereocenters. The van der Waals surface area contributed by atoms with Gasteiger partial charge in [0.2, 0.25) is 5.88 Å². The van der Waals surface area contributed by atoms with Crippen molar-refractivity contribution in [3.05, 3.63) is 84.5 Å². The summed E-state index contributed by atoms with van der Waals surface area (Å²) >= 11 is 6.19. The average Bonchev–Trinajstić information content (AvgIpc) is 3.08. The van der Waals surface area contributed by atoms with Gasteiger partial charge in [-0.15, -0.1) is 0 Å². The smallest absolute Gasteiger partial charge is 0.347 e. The third-order valence-electron chi connectivity index (χ3n) is 4.69. The maximum atomic E-state index is 12.8. The molecule has 1 heterocycles. The number of halogens is 1. The highest BCUT2D eigenvalue weighted by Crippen LogP contribution is 2.32. The van der Waals surface area contributed by atoms with E-state index < -0.39 is 42.3 Å². The van der Waals surface area contributed by atoms with Crippen molar-refractivity contribution in [1.82, 2.24) is 9.78 Å². The Morgan fingerprint density at radius 2 is 1.69 bits per heavy atom. The molecule has 0 radical (unpaired) electrons. The molecule has 13 heteroatoms. The molecule has 11 nitrogen and oxygen atoms in total. The van der Waals surface area contributed by atoms with Gasteiger partial charge in [0.1, 0.15) is 4.90 Å². The third kappa shape index (κ3) is 4.55. The Kier molecular flexibility index (Phi) is 6.19. The monoisotopic (exact) mass is 480 g/mol. The molecule has 3 aromatic rings. The molecule has 1 atom stereocenters. The lowest BCUT2D eigenvalue weighted by Gasteiger charge is -2.17. The molecule has 0 aliphatic rings. The van der Waals surface area contributed by atoms with Crippen LogP contribution in [-0.2, 0) is 10.1 Å². The van der Waals surface area contributed by atoms with E-state index in [2.05, 4.69) is 5.10 Å². The van der Waals surface area contributed by atoms with Gasteiger partial charge in [0, 0.05) is 23.2 Å². The molecule has 0 aliphatic carbocycles. The van der Waals surface area contributed by atoms with Gasteiger partial charge in [-0.2, -0.15) is 13.5 Å². The van der Waals surface area contributed by atoms with Crippen molar-refractivity contribution in [3.63, 3.8) is 0 Å². The summed E-state index contributed by atoms with van der Waals surface area (Å²) in [7, 11) is -4.57. The molecule has 0 N–H and O–H groups in total. The van der Waals surface area contributed by atoms with Gasteiger partial charge in [-0.25, -0.2) is 4.68 Å². The SMILES string of the molecule is Cc1cc(OS(=O)(=O)c2ccc([N+](=O)[O-])c([N+](=O)[O-])c2)n(C(C)c2ccc(C)c(Cl)c2)n1. The van der Waals surface area contributed by atoms with Gasteiger partial charge in [-0.1, -0.05) is 23.7 Å². The molecule has 0 amide bonds. The van der Waals surface area contributed by atoms with Crippen molar-refractivity contribution in [2.45, 2.75) is 31.7 Å². The minimum atomic E-state index is -4.57. The molecular formula is C19H17ClN4O7S. The number of benzene rings is 2. The lowest BCUT2D eigenvalue weighted by atomic mass is 10.1. The van der Waals surface area contributed by atoms with Crippen molar-refractivity contribution in [2.24, 2.45) is 0 Å². The van der Waals surface area contributed by atoms with Crippen LogP contribution in [0.15, 0.2) is 47.4 Å². The normalized spacial score (nSPS) is 12.4. The number of hydrogen-bond acceptors (Lipinski definition) is 8. The van der Waals surface area contributed by atoms with Gasteiger partial charge >= 0.3 is 21.5 Å². The van der Waals surface area contributed by atoms with Crippen molar-refractivity contribution in [3.8, 4) is 5.88 Å². The topological polar surface area (TPSA) is 147 Å². The molecule has 2 aromatic carbocycles. The summed E-state index contributed by atoms with van der Waals surface area (Å²) in [4.78, 5) is 19.5.